The van der Waals surface area contributed by atoms with E-state index in [1.165, 1.54) is 5.69 Å². The summed E-state index contributed by atoms with van der Waals surface area (Å²) in [4.78, 5) is 22.0. The van der Waals surface area contributed by atoms with Crippen LogP contribution in [-0.2, 0) is 4.74 Å². The second-order valence-corrected chi connectivity index (χ2v) is 11.7. The van der Waals surface area contributed by atoms with Crippen LogP contribution in [0.4, 0.5) is 17.2 Å². The fourth-order valence-corrected chi connectivity index (χ4v) is 5.74. The van der Waals surface area contributed by atoms with Crippen LogP contribution in [0.1, 0.15) is 46.2 Å². The van der Waals surface area contributed by atoms with Crippen molar-refractivity contribution in [2.75, 3.05) is 68.6 Å². The second-order valence-electron chi connectivity index (χ2n) is 11.7. The van der Waals surface area contributed by atoms with Gasteiger partial charge in [-0.05, 0) is 69.6 Å². The summed E-state index contributed by atoms with van der Waals surface area (Å²) in [6, 6.07) is 15.1. The minimum absolute atomic E-state index is 0.0925. The van der Waals surface area contributed by atoms with Gasteiger partial charge in [0.25, 0.3) is 0 Å². The molecule has 0 spiro atoms. The summed E-state index contributed by atoms with van der Waals surface area (Å²) in [7, 11) is 3.98. The van der Waals surface area contributed by atoms with Gasteiger partial charge in [0.1, 0.15) is 11.7 Å². The van der Waals surface area contributed by atoms with Gasteiger partial charge in [-0.2, -0.15) is 4.99 Å². The molecule has 1 aromatic heterocycles. The van der Waals surface area contributed by atoms with E-state index in [9.17, 15) is 0 Å². The van der Waals surface area contributed by atoms with Gasteiger partial charge in [0.15, 0.2) is 0 Å². The zero-order valence-corrected chi connectivity index (χ0v) is 24.9. The third-order valence-electron chi connectivity index (χ3n) is 7.78. The summed E-state index contributed by atoms with van der Waals surface area (Å²) in [5, 5.41) is 3.50. The third-order valence-corrected chi connectivity index (χ3v) is 7.78. The van der Waals surface area contributed by atoms with Gasteiger partial charge >= 0.3 is 0 Å². The van der Waals surface area contributed by atoms with Crippen molar-refractivity contribution in [1.82, 2.24) is 9.88 Å². The Morgan fingerprint density at radius 1 is 1.13 bits per heavy atom. The number of aryl methyl sites for hydroxylation is 1. The second kappa shape index (κ2) is 12.9. The molecule has 0 radical (unpaired) electrons. The van der Waals surface area contributed by atoms with E-state index in [0.29, 0.717) is 25.0 Å². The van der Waals surface area contributed by atoms with Gasteiger partial charge in [0.05, 0.1) is 6.61 Å². The minimum atomic E-state index is -0.0925. The first kappa shape index (κ1) is 29.0. The number of ether oxygens (including phenoxy) is 1. The Morgan fingerprint density at radius 3 is 2.46 bits per heavy atom. The number of likely N-dealkylation sites (N-methyl/N-ethyl adjacent to an activating group) is 1. The van der Waals surface area contributed by atoms with E-state index >= 15 is 0 Å². The van der Waals surface area contributed by atoms with Crippen LogP contribution in [0.3, 0.4) is 0 Å². The van der Waals surface area contributed by atoms with Gasteiger partial charge in [-0.1, -0.05) is 26.8 Å². The number of nitrogens with zero attached hydrogens (tertiary/aromatic N) is 6. The van der Waals surface area contributed by atoms with Crippen molar-refractivity contribution in [1.29, 1.82) is 0 Å². The van der Waals surface area contributed by atoms with E-state index in [-0.39, 0.29) is 11.5 Å². The SMILES string of the molecule is CCN=C(/N=C1\C[C@@](C)(COC)[C@@H](CC(C)C)N1c1cccc(C)n1)Nc1ccc(N2CCN(C)CC2)cc1. The molecule has 1 N–H and O–H groups in total. The average molecular weight is 534 g/mol. The summed E-state index contributed by atoms with van der Waals surface area (Å²) in [5.41, 5.74) is 3.15. The van der Waals surface area contributed by atoms with Gasteiger partial charge in [0, 0.05) is 74.8 Å². The number of anilines is 3. The highest BCUT2D eigenvalue weighted by Gasteiger charge is 2.48. The van der Waals surface area contributed by atoms with Crippen LogP contribution in [0.15, 0.2) is 52.4 Å². The number of guanidine groups is 1. The highest BCUT2D eigenvalue weighted by molar-refractivity contribution is 6.10. The molecule has 0 amide bonds. The highest BCUT2D eigenvalue weighted by Crippen LogP contribution is 2.43. The Labute approximate surface area is 235 Å². The zero-order valence-electron chi connectivity index (χ0n) is 24.9. The van der Waals surface area contributed by atoms with Crippen molar-refractivity contribution in [3.05, 3.63) is 48.2 Å². The summed E-state index contributed by atoms with van der Waals surface area (Å²) < 4.78 is 5.76. The topological polar surface area (TPSA) is 68.6 Å². The van der Waals surface area contributed by atoms with Gasteiger partial charge in [-0.25, -0.2) is 4.98 Å². The highest BCUT2D eigenvalue weighted by atomic mass is 16.5. The predicted octanol–water partition coefficient (Wildman–Crippen LogP) is 5.31. The molecule has 1 aromatic carbocycles. The number of benzene rings is 1. The number of amidine groups is 1. The lowest BCUT2D eigenvalue weighted by Crippen LogP contribution is -2.44. The molecule has 4 rings (SSSR count). The van der Waals surface area contributed by atoms with Crippen molar-refractivity contribution in [2.24, 2.45) is 21.3 Å². The lowest BCUT2D eigenvalue weighted by atomic mass is 9.79. The maximum absolute atomic E-state index is 5.76. The van der Waals surface area contributed by atoms with E-state index in [4.69, 9.17) is 19.7 Å². The van der Waals surface area contributed by atoms with Crippen LogP contribution in [0, 0.1) is 18.3 Å². The van der Waals surface area contributed by atoms with Crippen molar-refractivity contribution in [3.63, 3.8) is 0 Å². The first-order valence-corrected chi connectivity index (χ1v) is 14.4. The molecule has 2 saturated heterocycles. The Morgan fingerprint density at radius 2 is 1.85 bits per heavy atom. The lowest BCUT2D eigenvalue weighted by molar-refractivity contribution is 0.0817. The van der Waals surface area contributed by atoms with E-state index in [1.54, 1.807) is 7.11 Å². The largest absolute Gasteiger partial charge is 0.384 e. The van der Waals surface area contributed by atoms with E-state index in [0.717, 1.165) is 62.1 Å². The van der Waals surface area contributed by atoms with Crippen LogP contribution < -0.4 is 15.1 Å². The summed E-state index contributed by atoms with van der Waals surface area (Å²) >= 11 is 0. The van der Waals surface area contributed by atoms with Crippen molar-refractivity contribution < 1.29 is 4.74 Å². The smallest absolute Gasteiger partial charge is 0.224 e. The maximum atomic E-state index is 5.76. The molecule has 8 heteroatoms. The number of hydrogen-bond acceptors (Lipinski definition) is 5. The molecule has 2 atom stereocenters. The van der Waals surface area contributed by atoms with Gasteiger partial charge in [0.2, 0.25) is 5.96 Å². The Kier molecular flexibility index (Phi) is 9.62. The fourth-order valence-electron chi connectivity index (χ4n) is 5.74. The lowest BCUT2D eigenvalue weighted by Gasteiger charge is -2.36. The first-order valence-electron chi connectivity index (χ1n) is 14.4. The average Bonchev–Trinajstić information content (AvgIpc) is 3.15. The molecule has 0 aliphatic carbocycles. The molecule has 2 fully saturated rings. The molecule has 39 heavy (non-hydrogen) atoms. The predicted molar refractivity (Wildman–Crippen MR) is 164 cm³/mol. The minimum Gasteiger partial charge on any atom is -0.384 e. The van der Waals surface area contributed by atoms with Gasteiger partial charge in [-0.3, -0.25) is 4.99 Å². The number of nitrogens with one attached hydrogen (secondary N) is 1. The standard InChI is InChI=1S/C31H47N7O/c1-8-32-30(34-25-12-14-26(15-13-25)37-18-16-36(6)17-19-37)35-29-21-31(5,22-39-7)27(20-23(2)3)38(29)28-11-9-10-24(4)33-28/h9-15,23,27H,8,16-22H2,1-7H3,(H,32,34)/b35-29+/t27-,31+/m1/s1. The van der Waals surface area contributed by atoms with Crippen LogP contribution in [0.5, 0.6) is 0 Å². The Hall–Kier alpha value is -2.97. The van der Waals surface area contributed by atoms with E-state index in [2.05, 4.69) is 84.2 Å². The molecule has 2 aliphatic rings. The first-order chi connectivity index (χ1) is 18.7. The number of piperazine rings is 1. The van der Waals surface area contributed by atoms with Crippen LogP contribution in [0.2, 0.25) is 0 Å². The molecule has 2 aromatic rings. The maximum Gasteiger partial charge on any atom is 0.224 e. The van der Waals surface area contributed by atoms with Crippen molar-refractivity contribution in [3.8, 4) is 0 Å². The molecule has 212 valence electrons. The van der Waals surface area contributed by atoms with Gasteiger partial charge < -0.3 is 24.8 Å². The molecule has 0 unspecified atom stereocenters. The van der Waals surface area contributed by atoms with Crippen molar-refractivity contribution in [2.45, 2.75) is 53.5 Å². The third kappa shape index (κ3) is 7.17. The summed E-state index contributed by atoms with van der Waals surface area (Å²) in [5.74, 6) is 3.07. The molecule has 2 aliphatic heterocycles. The number of rotatable bonds is 8. The van der Waals surface area contributed by atoms with E-state index < -0.39 is 0 Å². The monoisotopic (exact) mass is 533 g/mol. The number of aliphatic imine (C=N–C) groups is 2. The Balaban J connectivity index is 1.64. The molecular weight excluding hydrogens is 486 g/mol. The fraction of sp³-hybridized carbons (Fsp3) is 0.581. The number of pyridine rings is 1. The molecular formula is C31H47N7O. The van der Waals surface area contributed by atoms with Crippen LogP contribution in [0.25, 0.3) is 0 Å². The quantitative estimate of drug-likeness (QED) is 0.367. The van der Waals surface area contributed by atoms with E-state index in [1.807, 2.05) is 19.9 Å². The molecule has 3 heterocycles. The zero-order chi connectivity index (χ0) is 28.0. The number of methoxy groups -OCH3 is 1. The normalized spacial score (nSPS) is 23.7. The molecule has 8 nitrogen and oxygen atoms in total. The molecule has 0 bridgehead atoms. The number of aromatic nitrogens is 1. The van der Waals surface area contributed by atoms with Crippen LogP contribution in [-0.4, -0.2) is 81.2 Å². The van der Waals surface area contributed by atoms with Crippen LogP contribution >= 0.6 is 0 Å². The van der Waals surface area contributed by atoms with Gasteiger partial charge in [-0.15, -0.1) is 0 Å². The summed E-state index contributed by atoms with van der Waals surface area (Å²) in [6.07, 6.45) is 1.82. The number of hydrogen-bond donors (Lipinski definition) is 1. The van der Waals surface area contributed by atoms with Crippen molar-refractivity contribution >= 4 is 29.0 Å². The Bertz CT molecular complexity index is 1140. The summed E-state index contributed by atoms with van der Waals surface area (Å²) in [6.45, 7) is 16.6. The molecule has 0 saturated carbocycles.